The number of halogens is 3. The average molecular weight is 267 g/mol. The van der Waals surface area contributed by atoms with Crippen molar-refractivity contribution in [3.63, 3.8) is 0 Å². The third-order valence-electron chi connectivity index (χ3n) is 2.13. The van der Waals surface area contributed by atoms with Crippen LogP contribution in [0.15, 0.2) is 12.1 Å². The third kappa shape index (κ3) is 6.05. The number of ether oxygens (including phenoxy) is 1. The normalized spacial score (nSPS) is 13.9. The lowest BCUT2D eigenvalue weighted by atomic mass is 10.2. The van der Waals surface area contributed by atoms with Crippen molar-refractivity contribution in [1.82, 2.24) is 0 Å². The van der Waals surface area contributed by atoms with Crippen LogP contribution in [-0.4, -0.2) is 25.4 Å². The highest BCUT2D eigenvalue weighted by atomic mass is 32.1. The molecule has 2 nitrogen and oxygen atoms in total. The van der Waals surface area contributed by atoms with E-state index in [1.165, 1.54) is 4.88 Å². The molecule has 17 heavy (non-hydrogen) atoms. The van der Waals surface area contributed by atoms with E-state index in [2.05, 4.69) is 11.7 Å². The lowest BCUT2D eigenvalue weighted by Gasteiger charge is -2.12. The van der Waals surface area contributed by atoms with Crippen LogP contribution in [0.25, 0.3) is 0 Å². The summed E-state index contributed by atoms with van der Waals surface area (Å²) < 4.78 is 40.0. The van der Waals surface area contributed by atoms with Gasteiger partial charge in [0.1, 0.15) is 6.61 Å². The Morgan fingerprint density at radius 2 is 2.00 bits per heavy atom. The second-order valence-corrected chi connectivity index (χ2v) is 5.07. The molecule has 0 aromatic carbocycles. The van der Waals surface area contributed by atoms with Gasteiger partial charge in [0.15, 0.2) is 0 Å². The number of alkyl halides is 3. The van der Waals surface area contributed by atoms with Crippen molar-refractivity contribution in [3.05, 3.63) is 21.9 Å². The van der Waals surface area contributed by atoms with Gasteiger partial charge >= 0.3 is 6.18 Å². The van der Waals surface area contributed by atoms with Crippen LogP contribution < -0.4 is 5.73 Å². The van der Waals surface area contributed by atoms with Crippen LogP contribution in [-0.2, 0) is 17.6 Å². The van der Waals surface area contributed by atoms with Crippen molar-refractivity contribution in [2.75, 3.05) is 13.2 Å². The van der Waals surface area contributed by atoms with Gasteiger partial charge in [0.05, 0.1) is 6.61 Å². The molecule has 1 aromatic heterocycles. The van der Waals surface area contributed by atoms with Crippen LogP contribution in [0.1, 0.15) is 16.7 Å². The molecule has 0 aliphatic carbocycles. The molecule has 1 heterocycles. The first-order chi connectivity index (χ1) is 7.90. The Labute approximate surface area is 103 Å². The standard InChI is InChI=1S/C11H16F3NOS/c1-2-9-3-4-10(17-9)5-8(15)6-16-7-11(12,13)14/h3-4,8H,2,5-7,15H2,1H3. The van der Waals surface area contributed by atoms with Gasteiger partial charge in [0, 0.05) is 15.8 Å². The zero-order valence-electron chi connectivity index (χ0n) is 9.59. The van der Waals surface area contributed by atoms with Crippen LogP contribution >= 0.6 is 11.3 Å². The van der Waals surface area contributed by atoms with E-state index < -0.39 is 12.8 Å². The summed E-state index contributed by atoms with van der Waals surface area (Å²) in [5, 5.41) is 0. The molecule has 0 saturated heterocycles. The minimum absolute atomic E-state index is 0.0706. The smallest absolute Gasteiger partial charge is 0.370 e. The quantitative estimate of drug-likeness (QED) is 0.860. The van der Waals surface area contributed by atoms with Gasteiger partial charge in [-0.1, -0.05) is 6.92 Å². The van der Waals surface area contributed by atoms with Gasteiger partial charge in [-0.3, -0.25) is 0 Å². The Morgan fingerprint density at radius 1 is 1.35 bits per heavy atom. The van der Waals surface area contributed by atoms with Crippen LogP contribution in [0.5, 0.6) is 0 Å². The van der Waals surface area contributed by atoms with Crippen molar-refractivity contribution in [2.24, 2.45) is 5.73 Å². The molecule has 0 bridgehead atoms. The molecule has 0 radical (unpaired) electrons. The molecule has 1 unspecified atom stereocenters. The molecule has 0 aliphatic heterocycles. The fourth-order valence-corrected chi connectivity index (χ4v) is 2.42. The summed E-state index contributed by atoms with van der Waals surface area (Å²) in [5.41, 5.74) is 5.70. The van der Waals surface area contributed by atoms with Gasteiger partial charge in [-0.2, -0.15) is 13.2 Å². The highest BCUT2D eigenvalue weighted by Gasteiger charge is 2.27. The van der Waals surface area contributed by atoms with Gasteiger partial charge in [-0.05, 0) is 25.0 Å². The second-order valence-electron chi connectivity index (χ2n) is 3.82. The predicted octanol–water partition coefficient (Wildman–Crippen LogP) is 2.76. The SMILES string of the molecule is CCc1ccc(CC(N)COCC(F)(F)F)s1. The minimum atomic E-state index is -4.28. The zero-order valence-corrected chi connectivity index (χ0v) is 10.4. The summed E-state index contributed by atoms with van der Waals surface area (Å²) in [6.45, 7) is 0.756. The lowest BCUT2D eigenvalue weighted by Crippen LogP contribution is -2.30. The number of thiophene rings is 1. The van der Waals surface area contributed by atoms with E-state index in [1.54, 1.807) is 11.3 Å². The molecule has 6 heteroatoms. The summed E-state index contributed by atoms with van der Waals surface area (Å²) >= 11 is 1.64. The topological polar surface area (TPSA) is 35.2 Å². The van der Waals surface area contributed by atoms with Gasteiger partial charge in [0.2, 0.25) is 0 Å². The van der Waals surface area contributed by atoms with E-state index in [0.717, 1.165) is 11.3 Å². The maximum atomic E-state index is 11.8. The molecule has 0 fully saturated rings. The molecule has 1 atom stereocenters. The van der Waals surface area contributed by atoms with E-state index in [0.29, 0.717) is 6.42 Å². The Bertz CT molecular complexity index is 338. The van der Waals surface area contributed by atoms with Crippen molar-refractivity contribution in [2.45, 2.75) is 32.0 Å². The lowest BCUT2D eigenvalue weighted by molar-refractivity contribution is -0.174. The van der Waals surface area contributed by atoms with E-state index in [4.69, 9.17) is 5.73 Å². The number of rotatable bonds is 6. The van der Waals surface area contributed by atoms with Gasteiger partial charge in [-0.15, -0.1) is 11.3 Å². The summed E-state index contributed by atoms with van der Waals surface area (Å²) in [6.07, 6.45) is -2.76. The Hall–Kier alpha value is -0.590. The summed E-state index contributed by atoms with van der Waals surface area (Å²) in [4.78, 5) is 2.34. The van der Waals surface area contributed by atoms with Crippen LogP contribution in [0.3, 0.4) is 0 Å². The molecule has 0 amide bonds. The van der Waals surface area contributed by atoms with Gasteiger partial charge < -0.3 is 10.5 Å². The molecule has 0 spiro atoms. The largest absolute Gasteiger partial charge is 0.411 e. The first kappa shape index (κ1) is 14.5. The molecule has 0 aliphatic rings. The maximum absolute atomic E-state index is 11.8. The van der Waals surface area contributed by atoms with Crippen molar-refractivity contribution in [3.8, 4) is 0 Å². The van der Waals surface area contributed by atoms with Crippen molar-refractivity contribution >= 4 is 11.3 Å². The fraction of sp³-hybridized carbons (Fsp3) is 0.636. The second kappa shape index (κ2) is 6.37. The molecular weight excluding hydrogens is 251 g/mol. The van der Waals surface area contributed by atoms with Gasteiger partial charge in [-0.25, -0.2) is 0 Å². The zero-order chi connectivity index (χ0) is 12.9. The van der Waals surface area contributed by atoms with E-state index in [-0.39, 0.29) is 12.6 Å². The van der Waals surface area contributed by atoms with Crippen molar-refractivity contribution in [1.29, 1.82) is 0 Å². The molecule has 1 aromatic rings. The Kier molecular flexibility index (Phi) is 5.42. The monoisotopic (exact) mass is 267 g/mol. The molecular formula is C11H16F3NOS. The van der Waals surface area contributed by atoms with Crippen LogP contribution in [0, 0.1) is 0 Å². The summed E-state index contributed by atoms with van der Waals surface area (Å²) in [5.74, 6) is 0. The highest BCUT2D eigenvalue weighted by molar-refractivity contribution is 7.11. The number of hydrogen-bond donors (Lipinski definition) is 1. The first-order valence-electron chi connectivity index (χ1n) is 5.38. The molecule has 98 valence electrons. The summed E-state index contributed by atoms with van der Waals surface area (Å²) in [6, 6.07) is 3.59. The van der Waals surface area contributed by atoms with Crippen LogP contribution in [0.2, 0.25) is 0 Å². The van der Waals surface area contributed by atoms with E-state index in [1.807, 2.05) is 12.1 Å². The minimum Gasteiger partial charge on any atom is -0.370 e. The molecule has 0 saturated carbocycles. The van der Waals surface area contributed by atoms with Crippen LogP contribution in [0.4, 0.5) is 13.2 Å². The third-order valence-corrected chi connectivity index (χ3v) is 3.38. The fourth-order valence-electron chi connectivity index (χ4n) is 1.37. The molecule has 1 rings (SSSR count). The number of aryl methyl sites for hydroxylation is 1. The molecule has 2 N–H and O–H groups in total. The van der Waals surface area contributed by atoms with Gasteiger partial charge in [0.25, 0.3) is 0 Å². The van der Waals surface area contributed by atoms with E-state index >= 15 is 0 Å². The average Bonchev–Trinajstić information content (AvgIpc) is 2.63. The highest BCUT2D eigenvalue weighted by Crippen LogP contribution is 2.18. The van der Waals surface area contributed by atoms with E-state index in [9.17, 15) is 13.2 Å². The Morgan fingerprint density at radius 3 is 2.53 bits per heavy atom. The summed E-state index contributed by atoms with van der Waals surface area (Å²) in [7, 11) is 0. The van der Waals surface area contributed by atoms with Crippen molar-refractivity contribution < 1.29 is 17.9 Å². The Balaban J connectivity index is 2.27. The number of nitrogens with two attached hydrogens (primary N) is 1. The first-order valence-corrected chi connectivity index (χ1v) is 6.20. The predicted molar refractivity (Wildman–Crippen MR) is 62.3 cm³/mol. The number of hydrogen-bond acceptors (Lipinski definition) is 3. The maximum Gasteiger partial charge on any atom is 0.411 e.